The number of hydrogen-bond acceptors (Lipinski definition) is 4. The molecule has 34 heavy (non-hydrogen) atoms. The van der Waals surface area contributed by atoms with Gasteiger partial charge in [0.2, 0.25) is 0 Å². The molecule has 180 valence electrons. The summed E-state index contributed by atoms with van der Waals surface area (Å²) < 4.78 is 52.9. The van der Waals surface area contributed by atoms with Gasteiger partial charge in [-0.15, -0.1) is 0 Å². The zero-order valence-electron chi connectivity index (χ0n) is 18.6. The maximum atomic E-state index is 13.3. The lowest BCUT2D eigenvalue weighted by molar-refractivity contribution is -0.143. The van der Waals surface area contributed by atoms with Gasteiger partial charge in [0.15, 0.2) is 5.69 Å². The van der Waals surface area contributed by atoms with Crippen molar-refractivity contribution in [2.75, 3.05) is 13.2 Å². The predicted molar refractivity (Wildman–Crippen MR) is 125 cm³/mol. The van der Waals surface area contributed by atoms with Crippen molar-refractivity contribution < 1.29 is 27.4 Å². The van der Waals surface area contributed by atoms with Gasteiger partial charge in [0.25, 0.3) is 0 Å². The smallest absolute Gasteiger partial charge is 0.435 e. The lowest BCUT2D eigenvalue weighted by Crippen LogP contribution is -2.13. The van der Waals surface area contributed by atoms with Gasteiger partial charge in [-0.2, -0.15) is 18.3 Å². The lowest BCUT2D eigenvalue weighted by Gasteiger charge is -2.14. The van der Waals surface area contributed by atoms with Gasteiger partial charge in [0.1, 0.15) is 12.4 Å². The van der Waals surface area contributed by atoms with Crippen LogP contribution in [0.25, 0.3) is 11.3 Å². The molecule has 0 amide bonds. The van der Waals surface area contributed by atoms with Crippen LogP contribution in [0.1, 0.15) is 42.5 Å². The Balaban J connectivity index is 1.47. The molecule has 0 saturated heterocycles. The molecule has 3 aromatic rings. The first-order valence-electron chi connectivity index (χ1n) is 11.1. The van der Waals surface area contributed by atoms with E-state index < -0.39 is 11.9 Å². The number of fused-ring (bicyclic) bond motifs is 1. The number of halogens is 4. The van der Waals surface area contributed by atoms with Crippen LogP contribution >= 0.6 is 15.9 Å². The highest BCUT2D eigenvalue weighted by atomic mass is 79.9. The Bertz CT molecular complexity index is 1160. The van der Waals surface area contributed by atoms with E-state index in [-0.39, 0.29) is 25.0 Å². The second-order valence-corrected chi connectivity index (χ2v) is 8.93. The standard InChI is InChI=1S/C25H24BrF3N2O3/c1-2-33-24(32)13-18-9-8-17-12-22(20(26)14-19(17)18)34-11-10-31-21(16-6-4-3-5-7-16)15-23(30-31)25(27,28)29/h3-7,12,14-15,18H,2,8-11,13H2,1H3/t18-/m0/s1. The molecule has 5 nitrogen and oxygen atoms in total. The van der Waals surface area contributed by atoms with Crippen LogP contribution in [0.4, 0.5) is 13.2 Å². The van der Waals surface area contributed by atoms with Gasteiger partial charge in [-0.3, -0.25) is 9.48 Å². The molecule has 4 rings (SSSR count). The van der Waals surface area contributed by atoms with Crippen molar-refractivity contribution in [3.05, 3.63) is 69.8 Å². The molecule has 1 aromatic heterocycles. The topological polar surface area (TPSA) is 53.4 Å². The summed E-state index contributed by atoms with van der Waals surface area (Å²) in [5.41, 5.74) is 2.30. The summed E-state index contributed by atoms with van der Waals surface area (Å²) in [4.78, 5) is 11.9. The number of hydrogen-bond donors (Lipinski definition) is 0. The zero-order valence-corrected chi connectivity index (χ0v) is 20.2. The third kappa shape index (κ3) is 5.46. The van der Waals surface area contributed by atoms with Crippen molar-refractivity contribution in [2.24, 2.45) is 0 Å². The van der Waals surface area contributed by atoms with E-state index in [1.807, 2.05) is 12.1 Å². The Kier molecular flexibility index (Phi) is 7.30. The fraction of sp³-hybridized carbons (Fsp3) is 0.360. The third-order valence-electron chi connectivity index (χ3n) is 5.81. The highest BCUT2D eigenvalue weighted by Gasteiger charge is 2.35. The fourth-order valence-electron chi connectivity index (χ4n) is 4.25. The molecule has 2 aromatic carbocycles. The molecule has 0 fully saturated rings. The summed E-state index contributed by atoms with van der Waals surface area (Å²) in [6.07, 6.45) is -2.50. The molecule has 1 atom stereocenters. The molecule has 0 bridgehead atoms. The number of esters is 1. The number of alkyl halides is 3. The van der Waals surface area contributed by atoms with Crippen LogP contribution in [0.2, 0.25) is 0 Å². The van der Waals surface area contributed by atoms with E-state index in [2.05, 4.69) is 21.0 Å². The summed E-state index contributed by atoms with van der Waals surface area (Å²) in [5, 5.41) is 3.78. The van der Waals surface area contributed by atoms with Gasteiger partial charge in [-0.1, -0.05) is 30.3 Å². The monoisotopic (exact) mass is 536 g/mol. The highest BCUT2D eigenvalue weighted by Crippen LogP contribution is 2.41. The van der Waals surface area contributed by atoms with Crippen LogP contribution in [-0.4, -0.2) is 29.0 Å². The number of aromatic nitrogens is 2. The van der Waals surface area contributed by atoms with Crippen molar-refractivity contribution in [1.29, 1.82) is 0 Å². The average Bonchev–Trinajstić information content (AvgIpc) is 3.39. The van der Waals surface area contributed by atoms with Crippen LogP contribution in [0.5, 0.6) is 5.75 Å². The van der Waals surface area contributed by atoms with Gasteiger partial charge in [-0.25, -0.2) is 0 Å². The molecule has 1 heterocycles. The number of aryl methyl sites for hydroxylation is 1. The normalized spacial score (nSPS) is 15.3. The van der Waals surface area contributed by atoms with Crippen molar-refractivity contribution in [1.82, 2.24) is 9.78 Å². The van der Waals surface area contributed by atoms with E-state index >= 15 is 0 Å². The lowest BCUT2D eigenvalue weighted by atomic mass is 9.98. The van der Waals surface area contributed by atoms with Crippen LogP contribution in [-0.2, 0) is 28.7 Å². The number of carbonyl (C=O) groups excluding carboxylic acids is 1. The van der Waals surface area contributed by atoms with Crippen LogP contribution < -0.4 is 4.74 Å². The van der Waals surface area contributed by atoms with Gasteiger partial charge in [-0.05, 0) is 76.5 Å². The summed E-state index contributed by atoms with van der Waals surface area (Å²) in [7, 11) is 0. The molecule has 0 N–H and O–H groups in total. The maximum absolute atomic E-state index is 13.3. The first kappa shape index (κ1) is 24.3. The van der Waals surface area contributed by atoms with Crippen molar-refractivity contribution in [3.63, 3.8) is 0 Å². The largest absolute Gasteiger partial charge is 0.490 e. The van der Waals surface area contributed by atoms with Gasteiger partial charge in [0, 0.05) is 0 Å². The first-order chi connectivity index (χ1) is 16.3. The van der Waals surface area contributed by atoms with Crippen molar-refractivity contribution in [3.8, 4) is 17.0 Å². The molecule has 0 aliphatic heterocycles. The summed E-state index contributed by atoms with van der Waals surface area (Å²) in [5.74, 6) is 0.515. The van der Waals surface area contributed by atoms with Crippen molar-refractivity contribution >= 4 is 21.9 Å². The predicted octanol–water partition coefficient (Wildman–Crippen LogP) is 6.39. The Morgan fingerprint density at radius 1 is 1.21 bits per heavy atom. The Hall–Kier alpha value is -2.81. The van der Waals surface area contributed by atoms with E-state index in [0.717, 1.165) is 34.5 Å². The molecule has 0 unspecified atom stereocenters. The van der Waals surface area contributed by atoms with E-state index in [0.29, 0.717) is 30.0 Å². The van der Waals surface area contributed by atoms with E-state index in [4.69, 9.17) is 9.47 Å². The number of nitrogens with zero attached hydrogens (tertiary/aromatic N) is 2. The number of benzene rings is 2. The molecule has 9 heteroatoms. The number of rotatable bonds is 8. The fourth-order valence-corrected chi connectivity index (χ4v) is 4.72. The van der Waals surface area contributed by atoms with E-state index in [9.17, 15) is 18.0 Å². The minimum atomic E-state index is -4.53. The molecule has 0 radical (unpaired) electrons. The quantitative estimate of drug-likeness (QED) is 0.313. The molecule has 1 aliphatic rings. The molecular formula is C25H24BrF3N2O3. The second kappa shape index (κ2) is 10.2. The van der Waals surface area contributed by atoms with E-state index in [1.54, 1.807) is 37.3 Å². The zero-order chi connectivity index (χ0) is 24.3. The van der Waals surface area contributed by atoms with Crippen LogP contribution in [0, 0.1) is 0 Å². The van der Waals surface area contributed by atoms with Gasteiger partial charge in [0.05, 0.1) is 29.7 Å². The number of carbonyl (C=O) groups is 1. The summed E-state index contributed by atoms with van der Waals surface area (Å²) in [6.45, 7) is 2.44. The maximum Gasteiger partial charge on any atom is 0.435 e. The second-order valence-electron chi connectivity index (χ2n) is 8.08. The SMILES string of the molecule is CCOC(=O)C[C@@H]1CCc2cc(OCCn3nc(C(F)(F)F)cc3-c3ccccc3)c(Br)cc21. The summed E-state index contributed by atoms with van der Waals surface area (Å²) in [6, 6.07) is 13.8. The Morgan fingerprint density at radius 2 is 1.97 bits per heavy atom. The van der Waals surface area contributed by atoms with Crippen molar-refractivity contribution in [2.45, 2.75) is 44.8 Å². The minimum Gasteiger partial charge on any atom is -0.490 e. The molecular weight excluding hydrogens is 513 g/mol. The van der Waals surface area contributed by atoms with E-state index in [1.165, 1.54) is 4.68 Å². The third-order valence-corrected chi connectivity index (χ3v) is 6.43. The average molecular weight is 537 g/mol. The van der Waals surface area contributed by atoms with Gasteiger partial charge < -0.3 is 9.47 Å². The molecule has 0 spiro atoms. The highest BCUT2D eigenvalue weighted by molar-refractivity contribution is 9.10. The molecule has 0 saturated carbocycles. The minimum absolute atomic E-state index is 0.109. The first-order valence-corrected chi connectivity index (χ1v) is 11.9. The van der Waals surface area contributed by atoms with Crippen LogP contribution in [0.3, 0.4) is 0 Å². The Labute approximate surface area is 204 Å². The molecule has 1 aliphatic carbocycles. The number of ether oxygens (including phenoxy) is 2. The summed E-state index contributed by atoms with van der Waals surface area (Å²) >= 11 is 3.53. The Morgan fingerprint density at radius 3 is 2.68 bits per heavy atom. The van der Waals surface area contributed by atoms with Crippen LogP contribution in [0.15, 0.2) is 53.0 Å². The van der Waals surface area contributed by atoms with Gasteiger partial charge >= 0.3 is 12.1 Å².